The smallest absolute Gasteiger partial charge is 0.312 e. The van der Waals surface area contributed by atoms with Crippen LogP contribution in [0, 0.1) is 11.8 Å². The Morgan fingerprint density at radius 1 is 1.24 bits per heavy atom. The topological polar surface area (TPSA) is 105 Å². The number of fused-ring (bicyclic) bond motifs is 1. The second-order valence-corrected chi connectivity index (χ2v) is 10.7. The van der Waals surface area contributed by atoms with Gasteiger partial charge in [0.2, 0.25) is 11.8 Å². The van der Waals surface area contributed by atoms with E-state index in [1.807, 2.05) is 58.0 Å². The van der Waals surface area contributed by atoms with Crippen molar-refractivity contribution in [2.24, 2.45) is 11.8 Å². The van der Waals surface area contributed by atoms with E-state index in [-0.39, 0.29) is 25.0 Å². The Bertz CT molecular complexity index is 960. The predicted octanol–water partition coefficient (Wildman–Crippen LogP) is 2.35. The number of carbonyl (C=O) groups excluding carboxylic acids is 3. The third-order valence-corrected chi connectivity index (χ3v) is 7.60. The Kier molecular flexibility index (Phi) is 6.27. The minimum atomic E-state index is -1.15. The fourth-order valence-electron chi connectivity index (χ4n) is 6.35. The van der Waals surface area contributed by atoms with E-state index in [2.05, 4.69) is 5.32 Å². The monoisotopic (exact) mass is 472 g/mol. The molecule has 3 aliphatic rings. The molecule has 3 heterocycles. The van der Waals surface area contributed by atoms with Gasteiger partial charge in [0, 0.05) is 5.54 Å². The van der Waals surface area contributed by atoms with Gasteiger partial charge < -0.3 is 24.8 Å². The number of hydrogen-bond donors (Lipinski definition) is 2. The first kappa shape index (κ1) is 24.7. The molecular weight excluding hydrogens is 436 g/mol. The third kappa shape index (κ3) is 3.62. The molecule has 0 aromatic heterocycles. The summed E-state index contributed by atoms with van der Waals surface area (Å²) in [5.74, 6) is -2.77. The predicted molar refractivity (Wildman–Crippen MR) is 124 cm³/mol. The molecule has 186 valence electrons. The maximum Gasteiger partial charge on any atom is 0.312 e. The van der Waals surface area contributed by atoms with Crippen molar-refractivity contribution in [3.05, 3.63) is 35.9 Å². The van der Waals surface area contributed by atoms with Gasteiger partial charge in [-0.1, -0.05) is 37.3 Å². The summed E-state index contributed by atoms with van der Waals surface area (Å²) in [6.07, 6.45) is 1.59. The van der Waals surface area contributed by atoms with Crippen molar-refractivity contribution in [3.63, 3.8) is 0 Å². The Labute approximate surface area is 201 Å². The lowest BCUT2D eigenvalue weighted by molar-refractivity contribution is -0.162. The molecule has 8 heteroatoms. The molecule has 3 fully saturated rings. The summed E-state index contributed by atoms with van der Waals surface area (Å²) in [7, 11) is 0. The molecule has 2 unspecified atom stereocenters. The van der Waals surface area contributed by atoms with Crippen molar-refractivity contribution in [2.45, 2.75) is 82.7 Å². The lowest BCUT2D eigenvalue weighted by Gasteiger charge is -2.38. The van der Waals surface area contributed by atoms with Gasteiger partial charge in [0.05, 0.1) is 30.8 Å². The van der Waals surface area contributed by atoms with Gasteiger partial charge in [0.15, 0.2) is 0 Å². The van der Waals surface area contributed by atoms with Gasteiger partial charge in [-0.2, -0.15) is 0 Å². The van der Waals surface area contributed by atoms with E-state index in [1.54, 1.807) is 6.92 Å². The normalized spacial score (nSPS) is 33.1. The summed E-state index contributed by atoms with van der Waals surface area (Å²) in [5, 5.41) is 13.4. The molecular formula is C26H36N2O6. The van der Waals surface area contributed by atoms with Gasteiger partial charge in [-0.25, -0.2) is 0 Å². The van der Waals surface area contributed by atoms with Crippen LogP contribution in [0.3, 0.4) is 0 Å². The molecule has 1 aromatic rings. The van der Waals surface area contributed by atoms with Crippen LogP contribution in [0.25, 0.3) is 0 Å². The molecule has 2 bridgehead atoms. The van der Waals surface area contributed by atoms with Gasteiger partial charge >= 0.3 is 5.97 Å². The number of rotatable bonds is 7. The summed E-state index contributed by atoms with van der Waals surface area (Å²) in [5.41, 5.74) is -1.81. The van der Waals surface area contributed by atoms with E-state index in [0.717, 1.165) is 5.56 Å². The number of nitrogens with one attached hydrogen (secondary N) is 1. The average molecular weight is 473 g/mol. The zero-order valence-corrected chi connectivity index (χ0v) is 20.7. The lowest BCUT2D eigenvalue weighted by Crippen LogP contribution is -2.59. The maximum absolute atomic E-state index is 14.2. The highest BCUT2D eigenvalue weighted by molar-refractivity contribution is 5.99. The van der Waals surface area contributed by atoms with E-state index < -0.39 is 46.6 Å². The van der Waals surface area contributed by atoms with Crippen LogP contribution in [-0.2, 0) is 23.9 Å². The summed E-state index contributed by atoms with van der Waals surface area (Å²) in [6, 6.07) is 7.45. The van der Waals surface area contributed by atoms with E-state index in [0.29, 0.717) is 19.3 Å². The van der Waals surface area contributed by atoms with Crippen LogP contribution in [-0.4, -0.2) is 63.8 Å². The molecule has 3 aliphatic heterocycles. The highest BCUT2D eigenvalue weighted by Gasteiger charge is 2.79. The molecule has 0 saturated carbocycles. The van der Waals surface area contributed by atoms with Gasteiger partial charge in [-0.15, -0.1) is 0 Å². The van der Waals surface area contributed by atoms with Gasteiger partial charge in [0.25, 0.3) is 0 Å². The molecule has 0 aliphatic carbocycles. The first-order valence-electron chi connectivity index (χ1n) is 12.2. The number of esters is 1. The minimum Gasteiger partial charge on any atom is -0.466 e. The fourth-order valence-corrected chi connectivity index (χ4v) is 6.35. The fraction of sp³-hybridized carbons (Fsp3) is 0.654. The minimum absolute atomic E-state index is 0.198. The second kappa shape index (κ2) is 8.64. The van der Waals surface area contributed by atoms with Crippen LogP contribution in [0.15, 0.2) is 30.3 Å². The van der Waals surface area contributed by atoms with Crippen LogP contribution < -0.4 is 5.32 Å². The third-order valence-electron chi connectivity index (χ3n) is 7.60. The second-order valence-electron chi connectivity index (χ2n) is 10.7. The molecule has 4 rings (SSSR count). The average Bonchev–Trinajstić information content (AvgIpc) is 3.38. The number of aliphatic hydroxyl groups excluding tert-OH is 1. The van der Waals surface area contributed by atoms with Crippen molar-refractivity contribution in [1.82, 2.24) is 10.2 Å². The van der Waals surface area contributed by atoms with E-state index in [1.165, 1.54) is 4.90 Å². The molecule has 6 atom stereocenters. The largest absolute Gasteiger partial charge is 0.466 e. The Morgan fingerprint density at radius 3 is 2.47 bits per heavy atom. The van der Waals surface area contributed by atoms with Crippen molar-refractivity contribution < 1.29 is 29.0 Å². The summed E-state index contributed by atoms with van der Waals surface area (Å²) >= 11 is 0. The number of likely N-dealkylation sites (tertiary alicyclic amines) is 1. The number of hydrogen-bond acceptors (Lipinski definition) is 6. The quantitative estimate of drug-likeness (QED) is 0.591. The van der Waals surface area contributed by atoms with Crippen molar-refractivity contribution in [1.29, 1.82) is 0 Å². The van der Waals surface area contributed by atoms with E-state index in [4.69, 9.17) is 9.47 Å². The Morgan fingerprint density at radius 2 is 1.91 bits per heavy atom. The first-order valence-corrected chi connectivity index (χ1v) is 12.2. The summed E-state index contributed by atoms with van der Waals surface area (Å²) < 4.78 is 12.1. The number of ether oxygens (including phenoxy) is 2. The number of aliphatic hydroxyl groups is 1. The number of amides is 2. The number of nitrogens with zero attached hydrogens (tertiary/aromatic N) is 1. The van der Waals surface area contributed by atoms with E-state index in [9.17, 15) is 19.5 Å². The SMILES string of the molecule is CCOC(=O)[C@@H]1[C@H]2C(=O)N([C@H](CO)c3ccccc3)C(C(=O)NC(C)(C)C)C23CC[C@@]1(CC)O3. The van der Waals surface area contributed by atoms with Crippen LogP contribution in [0.2, 0.25) is 0 Å². The van der Waals surface area contributed by atoms with Gasteiger partial charge in [0.1, 0.15) is 17.6 Å². The standard InChI is InChI=1S/C26H36N2O6/c1-6-25-13-14-26(34-25)18(19(25)23(32)33-7-2)22(31)28(20(26)21(30)27-24(3,4)5)17(15-29)16-11-9-8-10-12-16/h8-12,17-20,29H,6-7,13-15H2,1-5H3,(H,27,30)/t17-,18+,19+,20?,25-,26?/m1/s1. The van der Waals surface area contributed by atoms with Crippen LogP contribution in [0.4, 0.5) is 0 Å². The molecule has 2 amide bonds. The van der Waals surface area contributed by atoms with Crippen molar-refractivity contribution in [3.8, 4) is 0 Å². The molecule has 0 radical (unpaired) electrons. The lowest BCUT2D eigenvalue weighted by atomic mass is 9.65. The molecule has 2 N–H and O–H groups in total. The highest BCUT2D eigenvalue weighted by atomic mass is 16.6. The van der Waals surface area contributed by atoms with Crippen LogP contribution in [0.5, 0.6) is 0 Å². The van der Waals surface area contributed by atoms with Crippen LogP contribution in [0.1, 0.15) is 65.5 Å². The van der Waals surface area contributed by atoms with E-state index >= 15 is 0 Å². The Balaban J connectivity index is 1.86. The van der Waals surface area contributed by atoms with Crippen molar-refractivity contribution in [2.75, 3.05) is 13.2 Å². The summed E-state index contributed by atoms with van der Waals surface area (Å²) in [4.78, 5) is 42.6. The van der Waals surface area contributed by atoms with Gasteiger partial charge in [-0.05, 0) is 52.5 Å². The first-order chi connectivity index (χ1) is 16.0. The van der Waals surface area contributed by atoms with Gasteiger partial charge in [-0.3, -0.25) is 14.4 Å². The number of benzene rings is 1. The molecule has 8 nitrogen and oxygen atoms in total. The summed E-state index contributed by atoms with van der Waals surface area (Å²) in [6.45, 7) is 9.15. The molecule has 1 spiro atoms. The molecule has 34 heavy (non-hydrogen) atoms. The maximum atomic E-state index is 14.2. The van der Waals surface area contributed by atoms with Crippen LogP contribution >= 0.6 is 0 Å². The van der Waals surface area contributed by atoms with Crippen molar-refractivity contribution >= 4 is 17.8 Å². The number of carbonyl (C=O) groups is 3. The molecule has 3 saturated heterocycles. The zero-order valence-electron chi connectivity index (χ0n) is 20.7. The Hall–Kier alpha value is -2.45. The highest BCUT2D eigenvalue weighted by Crippen LogP contribution is 2.65. The molecule has 1 aromatic carbocycles. The zero-order chi connectivity index (χ0) is 24.9.